The van der Waals surface area contributed by atoms with Gasteiger partial charge in [-0.25, -0.2) is 4.98 Å². The quantitative estimate of drug-likeness (QED) is 0.508. The van der Waals surface area contributed by atoms with Gasteiger partial charge in [0.1, 0.15) is 0 Å². The number of rotatable bonds is 2. The maximum absolute atomic E-state index is 13.3. The van der Waals surface area contributed by atoms with Crippen LogP contribution in [0.3, 0.4) is 0 Å². The van der Waals surface area contributed by atoms with Gasteiger partial charge in [0.15, 0.2) is 0 Å². The fourth-order valence-electron chi connectivity index (χ4n) is 2.11. The van der Waals surface area contributed by atoms with Crippen LogP contribution in [0.1, 0.15) is 26.2 Å². The molecule has 1 aliphatic rings. The van der Waals surface area contributed by atoms with Crippen LogP contribution in [0.4, 0.5) is 10.1 Å². The van der Waals surface area contributed by atoms with Gasteiger partial charge in [-0.15, -0.1) is 0 Å². The monoisotopic (exact) mass is 334 g/mol. The lowest BCUT2D eigenvalue weighted by atomic mass is 9.87. The Morgan fingerprint density at radius 2 is 2.31 bits per heavy atom. The van der Waals surface area contributed by atoms with Crippen molar-refractivity contribution >= 4 is 28.3 Å². The summed E-state index contributed by atoms with van der Waals surface area (Å²) in [6, 6.07) is 3.90. The molecular formula is C12H16FIN2. The number of hydrogen-bond acceptors (Lipinski definition) is 2. The molecule has 0 saturated heterocycles. The van der Waals surface area contributed by atoms with Gasteiger partial charge in [-0.3, -0.25) is 0 Å². The van der Waals surface area contributed by atoms with Crippen LogP contribution < -0.4 is 5.32 Å². The summed E-state index contributed by atoms with van der Waals surface area (Å²) in [5, 5.41) is 3.26. The zero-order valence-electron chi connectivity index (χ0n) is 9.29. The molecule has 0 bridgehead atoms. The SMILES string of the molecule is CC1CCC(Nc2cccnc2F)CC1I. The molecule has 0 aliphatic heterocycles. The highest BCUT2D eigenvalue weighted by Gasteiger charge is 2.25. The fraction of sp³-hybridized carbons (Fsp3) is 0.583. The number of pyridine rings is 1. The second-order valence-corrected chi connectivity index (χ2v) is 6.09. The normalized spacial score (nSPS) is 30.1. The molecule has 4 heteroatoms. The van der Waals surface area contributed by atoms with Crippen molar-refractivity contribution in [2.45, 2.75) is 36.2 Å². The van der Waals surface area contributed by atoms with E-state index in [0.29, 0.717) is 15.7 Å². The number of nitrogens with zero attached hydrogens (tertiary/aromatic N) is 1. The summed E-state index contributed by atoms with van der Waals surface area (Å²) in [7, 11) is 0. The Morgan fingerprint density at radius 3 is 3.00 bits per heavy atom. The zero-order chi connectivity index (χ0) is 11.5. The van der Waals surface area contributed by atoms with Crippen LogP contribution in [0, 0.1) is 11.9 Å². The Kier molecular flexibility index (Phi) is 4.00. The van der Waals surface area contributed by atoms with Gasteiger partial charge in [0, 0.05) is 16.2 Å². The van der Waals surface area contributed by atoms with Crippen LogP contribution in [0.2, 0.25) is 0 Å². The number of nitrogens with one attached hydrogen (secondary N) is 1. The van der Waals surface area contributed by atoms with Gasteiger partial charge >= 0.3 is 0 Å². The Morgan fingerprint density at radius 1 is 1.50 bits per heavy atom. The molecule has 2 nitrogen and oxygen atoms in total. The van der Waals surface area contributed by atoms with E-state index in [1.54, 1.807) is 12.1 Å². The fourth-order valence-corrected chi connectivity index (χ4v) is 3.09. The van der Waals surface area contributed by atoms with Gasteiger partial charge in [-0.2, -0.15) is 4.39 Å². The van der Waals surface area contributed by atoms with Crippen LogP contribution in [-0.2, 0) is 0 Å². The summed E-state index contributed by atoms with van der Waals surface area (Å²) in [5.74, 6) is 0.378. The number of aromatic nitrogens is 1. The van der Waals surface area contributed by atoms with Crippen LogP contribution in [0.15, 0.2) is 18.3 Å². The van der Waals surface area contributed by atoms with E-state index in [1.165, 1.54) is 12.6 Å². The minimum Gasteiger partial charge on any atom is -0.379 e. The molecule has 0 radical (unpaired) electrons. The molecule has 1 saturated carbocycles. The highest BCUT2D eigenvalue weighted by molar-refractivity contribution is 14.1. The molecule has 2 rings (SSSR count). The standard InChI is InChI=1S/C12H16FIN2/c1-8-4-5-9(7-10(8)14)16-11-3-2-6-15-12(11)13/h2-3,6,8-10,16H,4-5,7H2,1H3. The Bertz CT molecular complexity index is 359. The maximum atomic E-state index is 13.3. The van der Waals surface area contributed by atoms with Crippen molar-refractivity contribution in [3.8, 4) is 0 Å². The summed E-state index contributed by atoms with van der Waals surface area (Å²) < 4.78 is 14.0. The van der Waals surface area contributed by atoms with E-state index in [9.17, 15) is 4.39 Å². The summed E-state index contributed by atoms with van der Waals surface area (Å²) in [6.07, 6.45) is 4.92. The van der Waals surface area contributed by atoms with Crippen molar-refractivity contribution in [3.63, 3.8) is 0 Å². The van der Waals surface area contributed by atoms with Gasteiger partial charge < -0.3 is 5.32 Å². The molecule has 1 heterocycles. The number of anilines is 1. The van der Waals surface area contributed by atoms with E-state index >= 15 is 0 Å². The molecule has 3 unspecified atom stereocenters. The first-order chi connectivity index (χ1) is 7.66. The molecule has 0 amide bonds. The van der Waals surface area contributed by atoms with Crippen LogP contribution in [0.25, 0.3) is 0 Å². The average molecular weight is 334 g/mol. The van der Waals surface area contributed by atoms with Crippen molar-refractivity contribution in [1.82, 2.24) is 4.98 Å². The summed E-state index contributed by atoms with van der Waals surface area (Å²) >= 11 is 2.50. The number of halogens is 2. The van der Waals surface area contributed by atoms with Gasteiger partial charge in [0.2, 0.25) is 5.95 Å². The van der Waals surface area contributed by atoms with Crippen molar-refractivity contribution in [2.24, 2.45) is 5.92 Å². The number of hydrogen-bond donors (Lipinski definition) is 1. The second-order valence-electron chi connectivity index (χ2n) is 4.49. The van der Waals surface area contributed by atoms with Gasteiger partial charge in [-0.05, 0) is 37.3 Å². The largest absolute Gasteiger partial charge is 0.379 e. The van der Waals surface area contributed by atoms with Crippen LogP contribution in [-0.4, -0.2) is 15.0 Å². The summed E-state index contributed by atoms with van der Waals surface area (Å²) in [5.41, 5.74) is 0.533. The molecule has 3 atom stereocenters. The Labute approximate surface area is 109 Å². The average Bonchev–Trinajstić information content (AvgIpc) is 2.27. The topological polar surface area (TPSA) is 24.9 Å². The van der Waals surface area contributed by atoms with Crippen LogP contribution >= 0.6 is 22.6 Å². The molecule has 1 aliphatic carbocycles. The molecule has 1 aromatic rings. The van der Waals surface area contributed by atoms with E-state index in [1.807, 2.05) is 0 Å². The maximum Gasteiger partial charge on any atom is 0.236 e. The van der Waals surface area contributed by atoms with Crippen molar-refractivity contribution in [2.75, 3.05) is 5.32 Å². The van der Waals surface area contributed by atoms with E-state index < -0.39 is 5.95 Å². The lowest BCUT2D eigenvalue weighted by Crippen LogP contribution is -2.32. The minimum absolute atomic E-state index is 0.386. The van der Waals surface area contributed by atoms with Crippen LogP contribution in [0.5, 0.6) is 0 Å². The molecule has 16 heavy (non-hydrogen) atoms. The third-order valence-electron chi connectivity index (χ3n) is 3.22. The van der Waals surface area contributed by atoms with Crippen molar-refractivity contribution in [3.05, 3.63) is 24.3 Å². The third-order valence-corrected chi connectivity index (χ3v) is 4.95. The Balaban J connectivity index is 1.98. The van der Waals surface area contributed by atoms with E-state index in [0.717, 1.165) is 18.8 Å². The Hall–Kier alpha value is -0.390. The molecule has 88 valence electrons. The summed E-state index contributed by atoms with van der Waals surface area (Å²) in [6.45, 7) is 2.29. The third kappa shape index (κ3) is 2.84. The van der Waals surface area contributed by atoms with Crippen molar-refractivity contribution < 1.29 is 4.39 Å². The number of alkyl halides is 1. The van der Waals surface area contributed by atoms with Gasteiger partial charge in [-0.1, -0.05) is 29.5 Å². The lowest BCUT2D eigenvalue weighted by molar-refractivity contribution is 0.382. The second kappa shape index (κ2) is 5.29. The zero-order valence-corrected chi connectivity index (χ0v) is 11.4. The minimum atomic E-state index is -0.397. The molecule has 1 N–H and O–H groups in total. The smallest absolute Gasteiger partial charge is 0.236 e. The highest BCUT2D eigenvalue weighted by atomic mass is 127. The first kappa shape index (κ1) is 12.1. The molecule has 1 aromatic heterocycles. The first-order valence-electron chi connectivity index (χ1n) is 5.68. The summed E-state index contributed by atoms with van der Waals surface area (Å²) in [4.78, 5) is 3.65. The van der Waals surface area contributed by atoms with Crippen molar-refractivity contribution in [1.29, 1.82) is 0 Å². The van der Waals surface area contributed by atoms with E-state index in [-0.39, 0.29) is 0 Å². The predicted molar refractivity (Wildman–Crippen MR) is 72.4 cm³/mol. The molecule has 0 aromatic carbocycles. The molecule has 0 spiro atoms. The predicted octanol–water partition coefficient (Wildman–Crippen LogP) is 3.62. The highest BCUT2D eigenvalue weighted by Crippen LogP contribution is 2.31. The first-order valence-corrected chi connectivity index (χ1v) is 6.92. The van der Waals surface area contributed by atoms with E-state index in [2.05, 4.69) is 39.8 Å². The van der Waals surface area contributed by atoms with Gasteiger partial charge in [0.05, 0.1) is 5.69 Å². The molecular weight excluding hydrogens is 318 g/mol. The van der Waals surface area contributed by atoms with E-state index in [4.69, 9.17) is 0 Å². The van der Waals surface area contributed by atoms with Gasteiger partial charge in [0.25, 0.3) is 0 Å². The lowest BCUT2D eigenvalue weighted by Gasteiger charge is -2.31. The molecule has 1 fully saturated rings.